The minimum absolute atomic E-state index is 0.0618. The van der Waals surface area contributed by atoms with Gasteiger partial charge in [-0.25, -0.2) is 9.78 Å². The molecule has 120 valence electrons. The molecule has 1 atom stereocenters. The predicted molar refractivity (Wildman–Crippen MR) is 80.8 cm³/mol. The molecule has 2 amide bonds. The number of pyridine rings is 1. The molecule has 1 aromatic rings. The quantitative estimate of drug-likeness (QED) is 0.594. The van der Waals surface area contributed by atoms with Crippen molar-refractivity contribution in [2.45, 2.75) is 19.9 Å². The van der Waals surface area contributed by atoms with E-state index in [1.54, 1.807) is 6.92 Å². The Morgan fingerprint density at radius 1 is 1.36 bits per heavy atom. The second-order valence-corrected chi connectivity index (χ2v) is 5.02. The van der Waals surface area contributed by atoms with Gasteiger partial charge in [0, 0.05) is 12.7 Å². The molecule has 0 bridgehead atoms. The third-order valence-electron chi connectivity index (χ3n) is 2.49. The average Bonchev–Trinajstić information content (AvgIpc) is 2.47. The molecule has 0 aromatic carbocycles. The molecule has 1 heterocycles. The Bertz CT molecular complexity index is 580. The van der Waals surface area contributed by atoms with Gasteiger partial charge in [-0.15, -0.1) is 0 Å². The third kappa shape index (κ3) is 5.50. The summed E-state index contributed by atoms with van der Waals surface area (Å²) < 4.78 is 4.80. The number of halogens is 2. The minimum Gasteiger partial charge on any atom is -0.452 e. The summed E-state index contributed by atoms with van der Waals surface area (Å²) in [6.07, 6.45) is 1.19. The summed E-state index contributed by atoms with van der Waals surface area (Å²) in [4.78, 5) is 38.4. The van der Waals surface area contributed by atoms with Gasteiger partial charge < -0.3 is 15.4 Å². The largest absolute Gasteiger partial charge is 0.452 e. The third-order valence-corrected chi connectivity index (χ3v) is 3.17. The summed E-state index contributed by atoms with van der Waals surface area (Å²) in [5.41, 5.74) is 0.0685. The molecule has 9 heteroatoms. The van der Waals surface area contributed by atoms with Gasteiger partial charge in [0.25, 0.3) is 5.91 Å². The Morgan fingerprint density at radius 3 is 2.64 bits per heavy atom. The molecule has 0 radical (unpaired) electrons. The van der Waals surface area contributed by atoms with Gasteiger partial charge in [0.1, 0.15) is 11.2 Å². The number of rotatable bonds is 6. The van der Waals surface area contributed by atoms with Gasteiger partial charge in [0.2, 0.25) is 5.91 Å². The minimum atomic E-state index is -0.771. The molecule has 0 aliphatic heterocycles. The summed E-state index contributed by atoms with van der Waals surface area (Å²) in [5, 5.41) is 5.12. The van der Waals surface area contributed by atoms with E-state index in [-0.39, 0.29) is 21.6 Å². The number of amides is 2. The smallest absolute Gasteiger partial charge is 0.340 e. The lowest BCUT2D eigenvalue weighted by Crippen LogP contribution is -2.46. The van der Waals surface area contributed by atoms with Crippen LogP contribution in [-0.2, 0) is 14.3 Å². The van der Waals surface area contributed by atoms with E-state index in [9.17, 15) is 14.4 Å². The molecule has 0 spiro atoms. The van der Waals surface area contributed by atoms with Gasteiger partial charge in [0.05, 0.1) is 10.6 Å². The van der Waals surface area contributed by atoms with E-state index in [2.05, 4.69) is 15.6 Å². The zero-order chi connectivity index (χ0) is 16.7. The van der Waals surface area contributed by atoms with Gasteiger partial charge in [-0.05, 0) is 19.9 Å². The highest BCUT2D eigenvalue weighted by molar-refractivity contribution is 6.41. The number of likely N-dealkylation sites (N-methyl/N-ethyl adjacent to an activating group) is 1. The van der Waals surface area contributed by atoms with Crippen molar-refractivity contribution in [3.8, 4) is 0 Å². The number of ether oxygens (including phenoxy) is 1. The van der Waals surface area contributed by atoms with Crippen molar-refractivity contribution in [1.29, 1.82) is 0 Å². The lowest BCUT2D eigenvalue weighted by atomic mass is 10.3. The van der Waals surface area contributed by atoms with Gasteiger partial charge >= 0.3 is 5.97 Å². The first-order chi connectivity index (χ1) is 10.3. The van der Waals surface area contributed by atoms with E-state index in [0.717, 1.165) is 0 Å². The van der Waals surface area contributed by atoms with Crippen LogP contribution in [0.15, 0.2) is 12.3 Å². The van der Waals surface area contributed by atoms with Crippen LogP contribution in [0.5, 0.6) is 0 Å². The van der Waals surface area contributed by atoms with Gasteiger partial charge in [-0.3, -0.25) is 9.59 Å². The molecular formula is C13H15Cl2N3O4. The number of carbonyl (C=O) groups is 3. The number of nitrogens with one attached hydrogen (secondary N) is 2. The second-order valence-electron chi connectivity index (χ2n) is 4.26. The van der Waals surface area contributed by atoms with E-state index in [4.69, 9.17) is 27.9 Å². The standard InChI is InChI=1S/C13H15Cl2N3O4/c1-3-16-12(20)7(2)18-10(19)6-22-13(21)8-4-9(14)11(15)17-5-8/h4-5,7H,3,6H2,1-2H3,(H,16,20)(H,18,19)/t7-/m1/s1. The maximum atomic E-state index is 11.7. The molecule has 0 unspecified atom stereocenters. The summed E-state index contributed by atoms with van der Waals surface area (Å²) in [6.45, 7) is 3.22. The Morgan fingerprint density at radius 2 is 2.05 bits per heavy atom. The van der Waals surface area contributed by atoms with Crippen molar-refractivity contribution >= 4 is 41.0 Å². The number of hydrogen-bond acceptors (Lipinski definition) is 5. The molecule has 0 aliphatic carbocycles. The van der Waals surface area contributed by atoms with Crippen LogP contribution < -0.4 is 10.6 Å². The van der Waals surface area contributed by atoms with Gasteiger partial charge in [0.15, 0.2) is 6.61 Å². The topological polar surface area (TPSA) is 97.4 Å². The zero-order valence-electron chi connectivity index (χ0n) is 12.0. The Kier molecular flexibility index (Phi) is 7.07. The van der Waals surface area contributed by atoms with Crippen LogP contribution >= 0.6 is 23.2 Å². The number of aromatic nitrogens is 1. The van der Waals surface area contributed by atoms with Crippen molar-refractivity contribution in [3.05, 3.63) is 28.0 Å². The van der Waals surface area contributed by atoms with Gasteiger partial charge in [-0.1, -0.05) is 23.2 Å². The van der Waals surface area contributed by atoms with Crippen LogP contribution in [0.25, 0.3) is 0 Å². The molecule has 0 saturated carbocycles. The first-order valence-corrected chi connectivity index (χ1v) is 7.16. The lowest BCUT2D eigenvalue weighted by Gasteiger charge is -2.13. The number of nitrogens with zero attached hydrogens (tertiary/aromatic N) is 1. The van der Waals surface area contributed by atoms with Crippen molar-refractivity contribution in [1.82, 2.24) is 15.6 Å². The summed E-state index contributed by atoms with van der Waals surface area (Å²) in [7, 11) is 0. The van der Waals surface area contributed by atoms with E-state index in [1.165, 1.54) is 19.2 Å². The van der Waals surface area contributed by atoms with Crippen LogP contribution in [0, 0.1) is 0 Å². The van der Waals surface area contributed by atoms with Crippen LogP contribution in [-0.4, -0.2) is 42.0 Å². The first-order valence-electron chi connectivity index (χ1n) is 6.40. The SMILES string of the molecule is CCNC(=O)[C@@H](C)NC(=O)COC(=O)c1cnc(Cl)c(Cl)c1. The predicted octanol–water partition coefficient (Wildman–Crippen LogP) is 1.19. The maximum Gasteiger partial charge on any atom is 0.340 e. The molecule has 0 fully saturated rings. The fraction of sp³-hybridized carbons (Fsp3) is 0.385. The molecule has 1 aromatic heterocycles. The summed E-state index contributed by atoms with van der Waals surface area (Å²) in [6, 6.07) is 0.562. The van der Waals surface area contributed by atoms with Crippen molar-refractivity contribution in [3.63, 3.8) is 0 Å². The number of hydrogen-bond donors (Lipinski definition) is 2. The van der Waals surface area contributed by atoms with E-state index in [0.29, 0.717) is 6.54 Å². The fourth-order valence-electron chi connectivity index (χ4n) is 1.42. The van der Waals surface area contributed by atoms with E-state index >= 15 is 0 Å². The molecule has 22 heavy (non-hydrogen) atoms. The zero-order valence-corrected chi connectivity index (χ0v) is 13.5. The normalized spacial score (nSPS) is 11.5. The van der Waals surface area contributed by atoms with Crippen LogP contribution in [0.2, 0.25) is 10.2 Å². The average molecular weight is 348 g/mol. The molecule has 0 aliphatic rings. The first kappa shape index (κ1) is 18.2. The Balaban J connectivity index is 2.48. The van der Waals surface area contributed by atoms with E-state index < -0.39 is 24.5 Å². The van der Waals surface area contributed by atoms with Crippen LogP contribution in [0.4, 0.5) is 0 Å². The molecule has 7 nitrogen and oxygen atoms in total. The van der Waals surface area contributed by atoms with Gasteiger partial charge in [-0.2, -0.15) is 0 Å². The van der Waals surface area contributed by atoms with Crippen LogP contribution in [0.1, 0.15) is 24.2 Å². The van der Waals surface area contributed by atoms with Crippen LogP contribution in [0.3, 0.4) is 0 Å². The van der Waals surface area contributed by atoms with Crippen molar-refractivity contribution in [2.24, 2.45) is 0 Å². The highest BCUT2D eigenvalue weighted by Crippen LogP contribution is 2.19. The Hall–Kier alpha value is -1.86. The van der Waals surface area contributed by atoms with Crippen molar-refractivity contribution < 1.29 is 19.1 Å². The summed E-state index contributed by atoms with van der Waals surface area (Å²) >= 11 is 11.4. The fourth-order valence-corrected chi connectivity index (χ4v) is 1.69. The Labute approximate surface area is 137 Å². The lowest BCUT2D eigenvalue weighted by molar-refractivity contribution is -0.130. The summed E-state index contributed by atoms with van der Waals surface area (Å²) in [5.74, 6) is -1.69. The van der Waals surface area contributed by atoms with Crippen molar-refractivity contribution in [2.75, 3.05) is 13.2 Å². The number of esters is 1. The molecular weight excluding hydrogens is 333 g/mol. The highest BCUT2D eigenvalue weighted by atomic mass is 35.5. The highest BCUT2D eigenvalue weighted by Gasteiger charge is 2.17. The monoisotopic (exact) mass is 347 g/mol. The maximum absolute atomic E-state index is 11.7. The van der Waals surface area contributed by atoms with E-state index in [1.807, 2.05) is 0 Å². The second kappa shape index (κ2) is 8.55. The molecule has 2 N–H and O–H groups in total. The molecule has 0 saturated heterocycles. The number of carbonyl (C=O) groups excluding carboxylic acids is 3. The molecule has 1 rings (SSSR count).